The third-order valence-corrected chi connectivity index (χ3v) is 4.00. The molecular formula is C12H17ClN4S. The molecule has 98 valence electrons. The minimum absolute atomic E-state index is 0.0659. The zero-order chi connectivity index (χ0) is 13.1. The largest absolute Gasteiger partial charge is 0.304 e. The maximum absolute atomic E-state index is 6.24. The predicted octanol–water partition coefficient (Wildman–Crippen LogP) is 2.93. The van der Waals surface area contributed by atoms with Crippen LogP contribution in [0, 0.1) is 6.92 Å². The van der Waals surface area contributed by atoms with Gasteiger partial charge in [0.1, 0.15) is 0 Å². The summed E-state index contributed by atoms with van der Waals surface area (Å²) in [7, 11) is 1.91. The number of hydrogen-bond donors (Lipinski definition) is 1. The summed E-state index contributed by atoms with van der Waals surface area (Å²) in [5.41, 5.74) is 0.994. The van der Waals surface area contributed by atoms with Crippen LogP contribution in [0.2, 0.25) is 5.02 Å². The standard InChI is InChI=1S/C12H17ClN4S/c1-4-5-14-11(10-7-15-8(2)18-10)12-9(13)6-16-17(12)3/h6-7,11,14H,4-5H2,1-3H3. The van der Waals surface area contributed by atoms with Crippen LogP contribution >= 0.6 is 22.9 Å². The maximum Gasteiger partial charge on any atom is 0.0897 e. The highest BCUT2D eigenvalue weighted by Crippen LogP contribution is 2.30. The molecule has 1 unspecified atom stereocenters. The van der Waals surface area contributed by atoms with E-state index >= 15 is 0 Å². The number of aromatic nitrogens is 3. The van der Waals surface area contributed by atoms with Crippen LogP contribution < -0.4 is 5.32 Å². The predicted molar refractivity (Wildman–Crippen MR) is 75.2 cm³/mol. The maximum atomic E-state index is 6.24. The molecule has 0 aliphatic heterocycles. The summed E-state index contributed by atoms with van der Waals surface area (Å²) in [5.74, 6) is 0. The van der Waals surface area contributed by atoms with Crippen LogP contribution in [0.3, 0.4) is 0 Å². The molecule has 2 aromatic heterocycles. The third-order valence-electron chi connectivity index (χ3n) is 2.73. The van der Waals surface area contributed by atoms with Crippen LogP contribution in [0.4, 0.5) is 0 Å². The molecule has 0 fully saturated rings. The second kappa shape index (κ2) is 5.82. The summed E-state index contributed by atoms with van der Waals surface area (Å²) in [6, 6.07) is 0.0659. The zero-order valence-corrected chi connectivity index (χ0v) is 12.3. The third kappa shape index (κ3) is 2.74. The van der Waals surface area contributed by atoms with E-state index in [1.807, 2.05) is 24.9 Å². The summed E-state index contributed by atoms with van der Waals surface area (Å²) in [5, 5.41) is 9.47. The summed E-state index contributed by atoms with van der Waals surface area (Å²) < 4.78 is 1.82. The highest BCUT2D eigenvalue weighted by atomic mass is 35.5. The van der Waals surface area contributed by atoms with E-state index in [1.165, 1.54) is 4.88 Å². The molecule has 0 saturated heterocycles. The van der Waals surface area contributed by atoms with Crippen molar-refractivity contribution >= 4 is 22.9 Å². The van der Waals surface area contributed by atoms with E-state index in [9.17, 15) is 0 Å². The highest BCUT2D eigenvalue weighted by Gasteiger charge is 2.22. The van der Waals surface area contributed by atoms with E-state index in [-0.39, 0.29) is 6.04 Å². The normalized spacial score (nSPS) is 12.9. The first-order valence-corrected chi connectivity index (χ1v) is 7.16. The highest BCUT2D eigenvalue weighted by molar-refractivity contribution is 7.11. The molecule has 0 bridgehead atoms. The lowest BCUT2D eigenvalue weighted by atomic mass is 10.1. The Balaban J connectivity index is 2.36. The molecule has 0 aliphatic carbocycles. The number of hydrogen-bond acceptors (Lipinski definition) is 4. The molecule has 2 heterocycles. The molecule has 2 aromatic rings. The zero-order valence-electron chi connectivity index (χ0n) is 10.8. The second-order valence-corrected chi connectivity index (χ2v) is 5.84. The Morgan fingerprint density at radius 2 is 2.28 bits per heavy atom. The molecule has 6 heteroatoms. The van der Waals surface area contributed by atoms with Crippen molar-refractivity contribution in [2.24, 2.45) is 7.05 Å². The molecule has 4 nitrogen and oxygen atoms in total. The Labute approximate surface area is 116 Å². The van der Waals surface area contributed by atoms with Gasteiger partial charge < -0.3 is 5.32 Å². The van der Waals surface area contributed by atoms with Gasteiger partial charge in [-0.15, -0.1) is 11.3 Å². The van der Waals surface area contributed by atoms with Gasteiger partial charge in [0.25, 0.3) is 0 Å². The first-order valence-electron chi connectivity index (χ1n) is 5.96. The Kier molecular flexibility index (Phi) is 4.37. The Bertz CT molecular complexity index is 500. The van der Waals surface area contributed by atoms with Crippen LogP contribution in [-0.4, -0.2) is 21.3 Å². The molecule has 0 saturated carbocycles. The molecule has 0 amide bonds. The first-order chi connectivity index (χ1) is 8.63. The SMILES string of the molecule is CCCNC(c1cnc(C)s1)c1c(Cl)cnn1C. The quantitative estimate of drug-likeness (QED) is 0.918. The van der Waals surface area contributed by atoms with Crippen molar-refractivity contribution in [3.05, 3.63) is 33.0 Å². The molecule has 1 N–H and O–H groups in total. The Morgan fingerprint density at radius 1 is 1.50 bits per heavy atom. The molecule has 18 heavy (non-hydrogen) atoms. The van der Waals surface area contributed by atoms with Gasteiger partial charge >= 0.3 is 0 Å². The van der Waals surface area contributed by atoms with Crippen molar-refractivity contribution in [2.75, 3.05) is 6.54 Å². The summed E-state index contributed by atoms with van der Waals surface area (Å²) in [6.07, 6.45) is 4.67. The van der Waals surface area contributed by atoms with Gasteiger partial charge in [-0.05, 0) is 19.9 Å². The average molecular weight is 285 g/mol. The van der Waals surface area contributed by atoms with E-state index in [1.54, 1.807) is 17.5 Å². The summed E-state index contributed by atoms with van der Waals surface area (Å²) >= 11 is 7.92. The van der Waals surface area contributed by atoms with Gasteiger partial charge in [0.15, 0.2) is 0 Å². The fourth-order valence-corrected chi connectivity index (χ4v) is 3.02. The van der Waals surface area contributed by atoms with E-state index in [0.29, 0.717) is 5.02 Å². The number of aryl methyl sites for hydroxylation is 2. The van der Waals surface area contributed by atoms with Gasteiger partial charge in [0.05, 0.1) is 28.0 Å². The van der Waals surface area contributed by atoms with Crippen LogP contribution in [0.1, 0.15) is 35.0 Å². The minimum Gasteiger partial charge on any atom is -0.304 e. The van der Waals surface area contributed by atoms with Crippen molar-refractivity contribution in [3.8, 4) is 0 Å². The van der Waals surface area contributed by atoms with Gasteiger partial charge in [-0.1, -0.05) is 18.5 Å². The number of nitrogens with zero attached hydrogens (tertiary/aromatic N) is 3. The summed E-state index contributed by atoms with van der Waals surface area (Å²) in [4.78, 5) is 5.49. The van der Waals surface area contributed by atoms with Gasteiger partial charge in [0, 0.05) is 18.1 Å². The molecular weight excluding hydrogens is 268 g/mol. The van der Waals surface area contributed by atoms with E-state index in [4.69, 9.17) is 11.6 Å². The van der Waals surface area contributed by atoms with Crippen molar-refractivity contribution in [1.82, 2.24) is 20.1 Å². The van der Waals surface area contributed by atoms with E-state index in [0.717, 1.165) is 23.7 Å². The van der Waals surface area contributed by atoms with Gasteiger partial charge in [0.2, 0.25) is 0 Å². The van der Waals surface area contributed by atoms with Crippen molar-refractivity contribution < 1.29 is 0 Å². The van der Waals surface area contributed by atoms with E-state index < -0.39 is 0 Å². The molecule has 0 aromatic carbocycles. The lowest BCUT2D eigenvalue weighted by molar-refractivity contribution is 0.559. The number of thiazole rings is 1. The van der Waals surface area contributed by atoms with Gasteiger partial charge in [-0.25, -0.2) is 4.98 Å². The van der Waals surface area contributed by atoms with Crippen molar-refractivity contribution in [2.45, 2.75) is 26.3 Å². The lowest BCUT2D eigenvalue weighted by Crippen LogP contribution is -2.24. The Hall–Kier alpha value is -0.910. The van der Waals surface area contributed by atoms with Gasteiger partial charge in [-0.3, -0.25) is 4.68 Å². The Morgan fingerprint density at radius 3 is 2.78 bits per heavy atom. The number of halogens is 1. The van der Waals surface area contributed by atoms with Crippen LogP contribution in [-0.2, 0) is 7.05 Å². The fourth-order valence-electron chi connectivity index (χ4n) is 1.88. The molecule has 0 aliphatic rings. The molecule has 0 radical (unpaired) electrons. The average Bonchev–Trinajstić information content (AvgIpc) is 2.90. The van der Waals surface area contributed by atoms with Crippen LogP contribution in [0.15, 0.2) is 12.4 Å². The second-order valence-electron chi connectivity index (χ2n) is 4.17. The van der Waals surface area contributed by atoms with Crippen molar-refractivity contribution in [1.29, 1.82) is 0 Å². The van der Waals surface area contributed by atoms with E-state index in [2.05, 4.69) is 22.3 Å². The number of nitrogens with one attached hydrogen (secondary N) is 1. The van der Waals surface area contributed by atoms with Crippen LogP contribution in [0.25, 0.3) is 0 Å². The van der Waals surface area contributed by atoms with Gasteiger partial charge in [-0.2, -0.15) is 5.10 Å². The molecule has 2 rings (SSSR count). The monoisotopic (exact) mass is 284 g/mol. The minimum atomic E-state index is 0.0659. The smallest absolute Gasteiger partial charge is 0.0897 e. The molecule has 0 spiro atoms. The van der Waals surface area contributed by atoms with Crippen LogP contribution in [0.5, 0.6) is 0 Å². The lowest BCUT2D eigenvalue weighted by Gasteiger charge is -2.17. The molecule has 1 atom stereocenters. The summed E-state index contributed by atoms with van der Waals surface area (Å²) in [6.45, 7) is 5.09. The number of rotatable bonds is 5. The topological polar surface area (TPSA) is 42.7 Å². The van der Waals surface area contributed by atoms with Crippen molar-refractivity contribution in [3.63, 3.8) is 0 Å². The fraction of sp³-hybridized carbons (Fsp3) is 0.500. The first kappa shape index (κ1) is 13.5.